The van der Waals surface area contributed by atoms with Crippen LogP contribution in [-0.4, -0.2) is 15.4 Å². The molecule has 0 radical (unpaired) electrons. The van der Waals surface area contributed by atoms with Crippen molar-refractivity contribution in [2.45, 2.75) is 0 Å². The van der Waals surface area contributed by atoms with E-state index in [1.54, 1.807) is 30.3 Å². The SMILES string of the molecule is N#Cc1cn(C(=O)c2ccc(-c3ccc([N+](=O)[O-])cc3Cl)o2)c2ccccc12. The molecule has 0 saturated heterocycles. The number of nitriles is 1. The van der Waals surface area contributed by atoms with Crippen LogP contribution in [0.15, 0.2) is 65.2 Å². The molecule has 4 aromatic rings. The van der Waals surface area contributed by atoms with Crippen LogP contribution in [0.4, 0.5) is 5.69 Å². The zero-order chi connectivity index (χ0) is 19.8. The maximum Gasteiger partial charge on any atom is 0.298 e. The minimum Gasteiger partial charge on any atom is -0.451 e. The van der Waals surface area contributed by atoms with Crippen molar-refractivity contribution >= 4 is 34.1 Å². The molecule has 0 saturated carbocycles. The summed E-state index contributed by atoms with van der Waals surface area (Å²) in [5.41, 5.74) is 1.27. The van der Waals surface area contributed by atoms with Gasteiger partial charge in [-0.1, -0.05) is 29.8 Å². The van der Waals surface area contributed by atoms with E-state index in [2.05, 4.69) is 6.07 Å². The summed E-state index contributed by atoms with van der Waals surface area (Å²) in [5, 5.41) is 20.9. The number of fused-ring (bicyclic) bond motifs is 1. The molecule has 8 heteroatoms. The number of nitrogens with zero attached hydrogens (tertiary/aromatic N) is 3. The van der Waals surface area contributed by atoms with E-state index >= 15 is 0 Å². The second-order valence-corrected chi connectivity index (χ2v) is 6.34. The van der Waals surface area contributed by atoms with E-state index < -0.39 is 10.8 Å². The Morgan fingerprint density at radius 1 is 1.18 bits per heavy atom. The lowest BCUT2D eigenvalue weighted by Gasteiger charge is -2.02. The second-order valence-electron chi connectivity index (χ2n) is 5.93. The number of para-hydroxylation sites is 1. The molecule has 7 nitrogen and oxygen atoms in total. The van der Waals surface area contributed by atoms with Crippen LogP contribution in [0.25, 0.3) is 22.2 Å². The second kappa shape index (κ2) is 6.68. The molecule has 0 bridgehead atoms. The Kier molecular flexibility index (Phi) is 4.18. The summed E-state index contributed by atoms with van der Waals surface area (Å²) < 4.78 is 7.01. The molecule has 0 aliphatic heterocycles. The summed E-state index contributed by atoms with van der Waals surface area (Å²) in [6, 6.07) is 16.2. The molecular formula is C20H10ClN3O4. The van der Waals surface area contributed by atoms with Crippen LogP contribution in [0.3, 0.4) is 0 Å². The summed E-state index contributed by atoms with van der Waals surface area (Å²) in [4.78, 5) is 23.2. The lowest BCUT2D eigenvalue weighted by Crippen LogP contribution is -2.09. The minimum atomic E-state index is -0.545. The molecule has 0 N–H and O–H groups in total. The maximum absolute atomic E-state index is 12.9. The van der Waals surface area contributed by atoms with Crippen molar-refractivity contribution in [2.24, 2.45) is 0 Å². The number of furan rings is 1. The Morgan fingerprint density at radius 2 is 1.96 bits per heavy atom. The van der Waals surface area contributed by atoms with Gasteiger partial charge in [0.15, 0.2) is 5.76 Å². The van der Waals surface area contributed by atoms with Gasteiger partial charge in [0.1, 0.15) is 11.8 Å². The van der Waals surface area contributed by atoms with E-state index in [1.807, 2.05) is 0 Å². The standard InChI is InChI=1S/C20H10ClN3O4/c21-16-9-13(24(26)27)5-6-15(16)18-7-8-19(28-18)20(25)23-11-12(10-22)14-3-1-2-4-17(14)23/h1-9,11H. The fraction of sp³-hybridized carbons (Fsp3) is 0. The van der Waals surface area contributed by atoms with Gasteiger partial charge in [-0.15, -0.1) is 0 Å². The van der Waals surface area contributed by atoms with Gasteiger partial charge in [0.25, 0.3) is 11.6 Å². The average molecular weight is 392 g/mol. The van der Waals surface area contributed by atoms with Gasteiger partial charge in [-0.2, -0.15) is 5.26 Å². The van der Waals surface area contributed by atoms with E-state index in [9.17, 15) is 20.2 Å². The largest absolute Gasteiger partial charge is 0.451 e. The first-order valence-corrected chi connectivity index (χ1v) is 8.46. The zero-order valence-electron chi connectivity index (χ0n) is 14.1. The fourth-order valence-electron chi connectivity index (χ4n) is 2.97. The van der Waals surface area contributed by atoms with Crippen LogP contribution in [0.5, 0.6) is 0 Å². The highest BCUT2D eigenvalue weighted by Crippen LogP contribution is 2.32. The van der Waals surface area contributed by atoms with Crippen molar-refractivity contribution in [1.29, 1.82) is 5.26 Å². The van der Waals surface area contributed by atoms with Crippen molar-refractivity contribution in [3.8, 4) is 17.4 Å². The first-order valence-electron chi connectivity index (χ1n) is 8.08. The first kappa shape index (κ1) is 17.5. The van der Waals surface area contributed by atoms with Crippen molar-refractivity contribution in [2.75, 3.05) is 0 Å². The number of non-ortho nitro benzene ring substituents is 1. The van der Waals surface area contributed by atoms with Crippen molar-refractivity contribution < 1.29 is 14.1 Å². The average Bonchev–Trinajstić information content (AvgIpc) is 3.32. The third kappa shape index (κ3) is 2.82. The lowest BCUT2D eigenvalue weighted by atomic mass is 10.1. The summed E-state index contributed by atoms with van der Waals surface area (Å²) in [6.07, 6.45) is 1.47. The Bertz CT molecular complexity index is 1300. The Morgan fingerprint density at radius 3 is 2.68 bits per heavy atom. The van der Waals surface area contributed by atoms with Gasteiger partial charge in [-0.3, -0.25) is 19.5 Å². The Hall–Kier alpha value is -3.89. The molecule has 0 aliphatic carbocycles. The molecule has 28 heavy (non-hydrogen) atoms. The molecule has 0 atom stereocenters. The molecule has 136 valence electrons. The van der Waals surface area contributed by atoms with Gasteiger partial charge < -0.3 is 4.42 Å². The summed E-state index contributed by atoms with van der Waals surface area (Å²) in [5.74, 6) is -0.0862. The number of nitro groups is 1. The number of benzene rings is 2. The first-order chi connectivity index (χ1) is 13.5. The highest BCUT2D eigenvalue weighted by atomic mass is 35.5. The summed E-state index contributed by atoms with van der Waals surface area (Å²) in [7, 11) is 0. The molecule has 0 fully saturated rings. The topological polar surface area (TPSA) is 102 Å². The fourth-order valence-corrected chi connectivity index (χ4v) is 3.24. The van der Waals surface area contributed by atoms with Crippen LogP contribution in [0.2, 0.25) is 5.02 Å². The van der Waals surface area contributed by atoms with Crippen molar-refractivity contribution in [1.82, 2.24) is 4.57 Å². The highest BCUT2D eigenvalue weighted by molar-refractivity contribution is 6.33. The van der Waals surface area contributed by atoms with Crippen LogP contribution in [-0.2, 0) is 0 Å². The van der Waals surface area contributed by atoms with Crippen molar-refractivity contribution in [3.05, 3.63) is 87.3 Å². The third-order valence-corrected chi connectivity index (χ3v) is 4.61. The minimum absolute atomic E-state index is 0.0506. The quantitative estimate of drug-likeness (QED) is 0.360. The summed E-state index contributed by atoms with van der Waals surface area (Å²) in [6.45, 7) is 0. The molecule has 0 unspecified atom stereocenters. The molecule has 0 spiro atoms. The molecule has 0 amide bonds. The van der Waals surface area contributed by atoms with E-state index in [1.165, 1.54) is 35.0 Å². The number of nitro benzene ring substituents is 1. The van der Waals surface area contributed by atoms with E-state index in [4.69, 9.17) is 16.0 Å². The van der Waals surface area contributed by atoms with Gasteiger partial charge in [0.05, 0.1) is 21.0 Å². The van der Waals surface area contributed by atoms with Gasteiger partial charge in [-0.25, -0.2) is 0 Å². The Labute approximate surface area is 163 Å². The molecule has 2 heterocycles. The Balaban J connectivity index is 1.74. The van der Waals surface area contributed by atoms with E-state index in [0.29, 0.717) is 27.8 Å². The number of carbonyl (C=O) groups is 1. The predicted octanol–water partition coefficient (Wildman–Crippen LogP) is 5.02. The monoisotopic (exact) mass is 391 g/mol. The number of hydrogen-bond donors (Lipinski definition) is 0. The third-order valence-electron chi connectivity index (χ3n) is 4.30. The number of aromatic nitrogens is 1. The van der Waals surface area contributed by atoms with Crippen molar-refractivity contribution in [3.63, 3.8) is 0 Å². The maximum atomic E-state index is 12.9. The predicted molar refractivity (Wildman–Crippen MR) is 102 cm³/mol. The highest BCUT2D eigenvalue weighted by Gasteiger charge is 2.20. The number of hydrogen-bond acceptors (Lipinski definition) is 5. The number of halogens is 1. The lowest BCUT2D eigenvalue weighted by molar-refractivity contribution is -0.384. The number of rotatable bonds is 3. The molecular weight excluding hydrogens is 382 g/mol. The normalized spacial score (nSPS) is 10.7. The van der Waals surface area contributed by atoms with Crippen LogP contribution >= 0.6 is 11.6 Å². The molecule has 0 aliphatic rings. The van der Waals surface area contributed by atoms with Crippen LogP contribution in [0, 0.1) is 21.4 Å². The molecule has 2 aromatic carbocycles. The van der Waals surface area contributed by atoms with Gasteiger partial charge in [-0.05, 0) is 24.3 Å². The molecule has 2 aromatic heterocycles. The molecule has 4 rings (SSSR count). The van der Waals surface area contributed by atoms with E-state index in [0.717, 1.165) is 0 Å². The van der Waals surface area contributed by atoms with Gasteiger partial charge in [0.2, 0.25) is 0 Å². The van der Waals surface area contributed by atoms with Crippen LogP contribution in [0.1, 0.15) is 16.1 Å². The van der Waals surface area contributed by atoms with Gasteiger partial charge in [0, 0.05) is 29.3 Å². The zero-order valence-corrected chi connectivity index (χ0v) is 14.9. The van der Waals surface area contributed by atoms with Crippen LogP contribution < -0.4 is 0 Å². The summed E-state index contributed by atoms with van der Waals surface area (Å²) >= 11 is 6.12. The smallest absolute Gasteiger partial charge is 0.298 e. The van der Waals surface area contributed by atoms with E-state index in [-0.39, 0.29) is 16.5 Å². The number of carbonyl (C=O) groups excluding carboxylic acids is 1. The van der Waals surface area contributed by atoms with Gasteiger partial charge >= 0.3 is 0 Å².